The zero-order valence-corrected chi connectivity index (χ0v) is 20.4. The summed E-state index contributed by atoms with van der Waals surface area (Å²) in [5.74, 6) is -0.675. The van der Waals surface area contributed by atoms with Crippen LogP contribution in [0.4, 0.5) is 0 Å². The van der Waals surface area contributed by atoms with E-state index in [2.05, 4.69) is 46.5 Å². The number of carbonyl (C=O) groups is 2. The molecule has 1 N–H and O–H groups in total. The van der Waals surface area contributed by atoms with Crippen molar-refractivity contribution in [2.75, 3.05) is 7.11 Å². The Hall–Kier alpha value is -3.33. The number of nitrogens with one attached hydrogen (secondary N) is 1. The minimum atomic E-state index is -0.508. The molecular weight excluding hydrogens is 440 g/mol. The van der Waals surface area contributed by atoms with Gasteiger partial charge in [0.25, 0.3) is 5.91 Å². The van der Waals surface area contributed by atoms with Crippen LogP contribution in [0.15, 0.2) is 36.5 Å². The average molecular weight is 469 g/mol. The largest absolute Gasteiger partial charge is 0.493 e. The highest BCUT2D eigenvalue weighted by molar-refractivity contribution is 7.14. The van der Waals surface area contributed by atoms with Crippen molar-refractivity contribution in [3.63, 3.8) is 0 Å². The number of methoxy groups -OCH3 is 1. The predicted molar refractivity (Wildman–Crippen MR) is 127 cm³/mol. The van der Waals surface area contributed by atoms with Crippen LogP contribution in [0.25, 0.3) is 10.6 Å². The first-order chi connectivity index (χ1) is 15.7. The number of aromatic nitrogens is 3. The van der Waals surface area contributed by atoms with Crippen molar-refractivity contribution in [2.24, 2.45) is 5.92 Å². The van der Waals surface area contributed by atoms with E-state index in [-0.39, 0.29) is 23.1 Å². The van der Waals surface area contributed by atoms with Crippen LogP contribution in [0, 0.1) is 5.92 Å². The molecule has 3 rings (SSSR count). The van der Waals surface area contributed by atoms with Crippen LogP contribution in [0.5, 0.6) is 11.5 Å². The second-order valence-electron chi connectivity index (χ2n) is 8.18. The number of esters is 1. The van der Waals surface area contributed by atoms with Crippen molar-refractivity contribution in [1.82, 2.24) is 20.5 Å². The third-order valence-corrected chi connectivity index (χ3v) is 6.12. The summed E-state index contributed by atoms with van der Waals surface area (Å²) in [6, 6.07) is 9.32. The van der Waals surface area contributed by atoms with Gasteiger partial charge >= 0.3 is 5.97 Å². The minimum absolute atomic E-state index is 0.00778. The lowest BCUT2D eigenvalue weighted by Gasteiger charge is -2.15. The zero-order valence-electron chi connectivity index (χ0n) is 19.6. The van der Waals surface area contributed by atoms with Gasteiger partial charge in [-0.15, -0.1) is 10.2 Å². The first-order valence-electron chi connectivity index (χ1n) is 10.7. The van der Waals surface area contributed by atoms with E-state index in [1.165, 1.54) is 36.3 Å². The number of benzene rings is 1. The number of carbonyl (C=O) groups excluding carboxylic acids is 2. The van der Waals surface area contributed by atoms with Crippen LogP contribution < -0.4 is 14.8 Å². The Morgan fingerprint density at radius 2 is 1.70 bits per heavy atom. The summed E-state index contributed by atoms with van der Waals surface area (Å²) in [6.45, 7) is 9.51. The van der Waals surface area contributed by atoms with Crippen molar-refractivity contribution in [1.29, 1.82) is 0 Å². The second-order valence-corrected chi connectivity index (χ2v) is 9.19. The van der Waals surface area contributed by atoms with Crippen LogP contribution >= 0.6 is 11.3 Å². The molecule has 0 bridgehead atoms. The lowest BCUT2D eigenvalue weighted by molar-refractivity contribution is -0.137. The van der Waals surface area contributed by atoms with E-state index >= 15 is 0 Å². The molecule has 1 amide bonds. The molecule has 8 nitrogen and oxygen atoms in total. The Morgan fingerprint density at radius 1 is 1.00 bits per heavy atom. The number of nitrogens with zero attached hydrogens (tertiary/aromatic N) is 3. The Bertz CT molecular complexity index is 1130. The van der Waals surface area contributed by atoms with Crippen molar-refractivity contribution in [2.45, 2.75) is 46.6 Å². The van der Waals surface area contributed by atoms with Gasteiger partial charge in [0.2, 0.25) is 5.75 Å². The summed E-state index contributed by atoms with van der Waals surface area (Å²) >= 11 is 1.40. The molecule has 0 fully saturated rings. The summed E-state index contributed by atoms with van der Waals surface area (Å²) in [4.78, 5) is 29.2. The molecule has 0 aliphatic carbocycles. The highest BCUT2D eigenvalue weighted by atomic mass is 32.1. The van der Waals surface area contributed by atoms with E-state index in [1.54, 1.807) is 13.8 Å². The van der Waals surface area contributed by atoms with E-state index < -0.39 is 17.9 Å². The molecule has 0 spiro atoms. The first kappa shape index (κ1) is 24.3. The summed E-state index contributed by atoms with van der Waals surface area (Å²) in [7, 11) is 1.43. The van der Waals surface area contributed by atoms with Gasteiger partial charge in [-0.1, -0.05) is 63.3 Å². The third-order valence-electron chi connectivity index (χ3n) is 4.96. The first-order valence-corrected chi connectivity index (χ1v) is 11.5. The fourth-order valence-corrected chi connectivity index (χ4v) is 3.78. The minimum Gasteiger partial charge on any atom is -0.493 e. The van der Waals surface area contributed by atoms with Crippen LogP contribution in [0.1, 0.15) is 67.6 Å². The van der Waals surface area contributed by atoms with Crippen LogP contribution in [-0.2, 0) is 4.79 Å². The lowest BCUT2D eigenvalue weighted by atomic mass is 10.0. The Balaban J connectivity index is 1.78. The molecule has 0 unspecified atom stereocenters. The second kappa shape index (κ2) is 10.5. The Morgan fingerprint density at radius 3 is 2.30 bits per heavy atom. The Labute approximate surface area is 197 Å². The number of pyridine rings is 1. The van der Waals surface area contributed by atoms with Gasteiger partial charge in [-0.2, -0.15) is 0 Å². The van der Waals surface area contributed by atoms with Gasteiger partial charge in [0.15, 0.2) is 11.4 Å². The van der Waals surface area contributed by atoms with E-state index in [9.17, 15) is 9.59 Å². The SMILES string of the molecule is COc1ccnc(C(=O)N[C@@H](C)c2nnc(-c3ccc(C(C)C)cc3)s2)c1OC(=O)C(C)C. The standard InChI is InChI=1S/C24H28N4O4S/c1-13(2)16-7-9-17(10-8-16)23-28-27-22(33-23)15(5)26-21(29)19-20(32-24(30)14(3)4)18(31-6)11-12-25-19/h7-15H,1-6H3,(H,26,29)/t15-/m0/s1. The molecule has 0 aliphatic rings. The van der Waals surface area contributed by atoms with Gasteiger partial charge in [0.05, 0.1) is 19.1 Å². The molecule has 0 aliphatic heterocycles. The fourth-order valence-electron chi connectivity index (χ4n) is 2.93. The highest BCUT2D eigenvalue weighted by Gasteiger charge is 2.25. The van der Waals surface area contributed by atoms with E-state index in [4.69, 9.17) is 9.47 Å². The van der Waals surface area contributed by atoms with Gasteiger partial charge in [-0.25, -0.2) is 4.98 Å². The zero-order chi connectivity index (χ0) is 24.1. The van der Waals surface area contributed by atoms with Crippen LogP contribution in [-0.4, -0.2) is 34.2 Å². The maximum Gasteiger partial charge on any atom is 0.313 e. The molecule has 0 radical (unpaired) electrons. The van der Waals surface area contributed by atoms with E-state index in [1.807, 2.05) is 19.1 Å². The normalized spacial score (nSPS) is 12.0. The summed E-state index contributed by atoms with van der Waals surface area (Å²) in [6.07, 6.45) is 1.43. The summed E-state index contributed by atoms with van der Waals surface area (Å²) < 4.78 is 10.7. The van der Waals surface area contributed by atoms with Crippen molar-refractivity contribution < 1.29 is 19.1 Å². The Kier molecular flexibility index (Phi) is 7.75. The average Bonchev–Trinajstić information content (AvgIpc) is 3.29. The number of ether oxygens (including phenoxy) is 2. The van der Waals surface area contributed by atoms with Crippen molar-refractivity contribution in [3.8, 4) is 22.1 Å². The maximum absolute atomic E-state index is 13.0. The number of rotatable bonds is 8. The topological polar surface area (TPSA) is 103 Å². The van der Waals surface area contributed by atoms with E-state index in [0.717, 1.165) is 10.6 Å². The van der Waals surface area contributed by atoms with Gasteiger partial charge in [0, 0.05) is 17.8 Å². The molecule has 1 aromatic carbocycles. The molecule has 1 atom stereocenters. The fraction of sp³-hybridized carbons (Fsp3) is 0.375. The molecule has 0 saturated carbocycles. The van der Waals surface area contributed by atoms with Crippen molar-refractivity contribution >= 4 is 23.2 Å². The molecule has 3 aromatic rings. The van der Waals surface area contributed by atoms with Gasteiger partial charge < -0.3 is 14.8 Å². The number of amides is 1. The van der Waals surface area contributed by atoms with Crippen molar-refractivity contribution in [3.05, 3.63) is 52.8 Å². The van der Waals surface area contributed by atoms with Crippen LogP contribution in [0.2, 0.25) is 0 Å². The predicted octanol–water partition coefficient (Wildman–Crippen LogP) is 4.78. The molecule has 9 heteroatoms. The third kappa shape index (κ3) is 5.73. The maximum atomic E-state index is 13.0. The molecule has 174 valence electrons. The van der Waals surface area contributed by atoms with Gasteiger partial charge in [-0.3, -0.25) is 9.59 Å². The summed E-state index contributed by atoms with van der Waals surface area (Å²) in [5.41, 5.74) is 2.19. The smallest absolute Gasteiger partial charge is 0.313 e. The quantitative estimate of drug-likeness (QED) is 0.474. The van der Waals surface area contributed by atoms with Crippen LogP contribution in [0.3, 0.4) is 0 Å². The highest BCUT2D eigenvalue weighted by Crippen LogP contribution is 2.32. The molecule has 33 heavy (non-hydrogen) atoms. The number of hydrogen-bond donors (Lipinski definition) is 1. The van der Waals surface area contributed by atoms with Gasteiger partial charge in [0.1, 0.15) is 10.0 Å². The monoisotopic (exact) mass is 468 g/mol. The lowest BCUT2D eigenvalue weighted by Crippen LogP contribution is -2.28. The number of hydrogen-bond acceptors (Lipinski definition) is 8. The molecule has 2 heterocycles. The molecular formula is C24H28N4O4S. The van der Waals surface area contributed by atoms with E-state index in [0.29, 0.717) is 10.9 Å². The van der Waals surface area contributed by atoms with Gasteiger partial charge in [-0.05, 0) is 18.4 Å². The molecule has 2 aromatic heterocycles. The summed E-state index contributed by atoms with van der Waals surface area (Å²) in [5, 5.41) is 12.8. The molecule has 0 saturated heterocycles.